The van der Waals surface area contributed by atoms with Gasteiger partial charge < -0.3 is 0 Å². The summed E-state index contributed by atoms with van der Waals surface area (Å²) in [6.45, 7) is 2.01. The Hall–Kier alpha value is -4.84. The molecule has 0 aliphatic carbocycles. The molecule has 0 spiro atoms. The number of aromatic nitrogens is 2. The van der Waals surface area contributed by atoms with E-state index in [2.05, 4.69) is 39.9 Å². The van der Waals surface area contributed by atoms with Crippen LogP contribution in [0.1, 0.15) is 21.6 Å². The Balaban J connectivity index is 1.46. The van der Waals surface area contributed by atoms with E-state index in [0.717, 1.165) is 33.6 Å². The molecule has 0 radical (unpaired) electrons. The van der Waals surface area contributed by atoms with Gasteiger partial charge in [0.15, 0.2) is 5.69 Å². The maximum atomic E-state index is 13.1. The van der Waals surface area contributed by atoms with Crippen LogP contribution in [-0.4, -0.2) is 21.9 Å². The number of nitrogens with one attached hydrogen (secondary N) is 1. The van der Waals surface area contributed by atoms with Gasteiger partial charge in [0.1, 0.15) is 5.82 Å². The summed E-state index contributed by atoms with van der Waals surface area (Å²) in [4.78, 5) is 12.9. The zero-order valence-electron chi connectivity index (χ0n) is 19.6. The number of hydrogen-bond acceptors (Lipinski definition) is 3. The maximum Gasteiger partial charge on any atom is 0.291 e. The molecule has 0 unspecified atom stereocenters. The molecule has 0 fully saturated rings. The molecule has 5 rings (SSSR count). The molecular weight excluding hydrogens is 451 g/mol. The smallest absolute Gasteiger partial charge is 0.265 e. The first-order chi connectivity index (χ1) is 17.6. The zero-order valence-corrected chi connectivity index (χ0v) is 19.6. The fourth-order valence-electron chi connectivity index (χ4n) is 3.89. The molecule has 0 aliphatic rings. The molecule has 176 valence electrons. The summed E-state index contributed by atoms with van der Waals surface area (Å²) in [7, 11) is 0. The summed E-state index contributed by atoms with van der Waals surface area (Å²) in [5.74, 6) is -0.774. The Labute approximate surface area is 208 Å². The van der Waals surface area contributed by atoms with Crippen LogP contribution in [0.2, 0.25) is 0 Å². The number of carbonyl (C=O) groups excluding carboxylic acids is 1. The largest absolute Gasteiger partial charge is 0.291 e. The number of amides is 1. The first kappa shape index (κ1) is 22.9. The summed E-state index contributed by atoms with van der Waals surface area (Å²) in [5.41, 5.74) is 9.30. The minimum absolute atomic E-state index is 0.231. The zero-order chi connectivity index (χ0) is 24.9. The maximum absolute atomic E-state index is 13.1. The van der Waals surface area contributed by atoms with E-state index in [1.54, 1.807) is 22.9 Å². The van der Waals surface area contributed by atoms with Crippen molar-refractivity contribution < 1.29 is 9.18 Å². The van der Waals surface area contributed by atoms with E-state index >= 15 is 0 Å². The molecule has 0 bridgehead atoms. The first-order valence-corrected chi connectivity index (χ1v) is 11.5. The van der Waals surface area contributed by atoms with Gasteiger partial charge in [-0.25, -0.2) is 14.5 Å². The Morgan fingerprint density at radius 3 is 2.25 bits per heavy atom. The van der Waals surface area contributed by atoms with Gasteiger partial charge in [0.05, 0.1) is 17.6 Å². The molecule has 0 atom stereocenters. The van der Waals surface area contributed by atoms with Crippen molar-refractivity contribution in [3.05, 3.63) is 132 Å². The van der Waals surface area contributed by atoms with Crippen LogP contribution in [-0.2, 0) is 0 Å². The van der Waals surface area contributed by atoms with Crippen molar-refractivity contribution in [3.8, 4) is 28.1 Å². The van der Waals surface area contributed by atoms with E-state index in [1.807, 2.05) is 61.5 Å². The minimum atomic E-state index is -0.443. The number of hydrogen-bond donors (Lipinski definition) is 1. The third-order valence-corrected chi connectivity index (χ3v) is 5.73. The molecule has 5 nitrogen and oxygen atoms in total. The SMILES string of the molecule is Cc1cccc(-n2nc(C(=O)N/N=C\c3ccc(F)cc3)cc2-c2ccc(-c3ccccc3)cc2)c1. The second-order valence-corrected chi connectivity index (χ2v) is 8.36. The summed E-state index contributed by atoms with van der Waals surface area (Å²) in [5, 5.41) is 8.59. The molecule has 1 N–H and O–H groups in total. The van der Waals surface area contributed by atoms with Crippen LogP contribution in [0.3, 0.4) is 0 Å². The number of halogens is 1. The summed E-state index contributed by atoms with van der Waals surface area (Å²) < 4.78 is 14.9. The lowest BCUT2D eigenvalue weighted by atomic mass is 10.0. The number of benzene rings is 4. The lowest BCUT2D eigenvalue weighted by molar-refractivity contribution is 0.0949. The highest BCUT2D eigenvalue weighted by atomic mass is 19.1. The van der Waals surface area contributed by atoms with Gasteiger partial charge in [-0.3, -0.25) is 4.79 Å². The van der Waals surface area contributed by atoms with Crippen LogP contribution in [0, 0.1) is 12.7 Å². The average molecular weight is 475 g/mol. The summed E-state index contributed by atoms with van der Waals surface area (Å²) >= 11 is 0. The van der Waals surface area contributed by atoms with Gasteiger partial charge in [0.2, 0.25) is 0 Å². The molecule has 1 aromatic heterocycles. The molecule has 1 amide bonds. The van der Waals surface area contributed by atoms with E-state index < -0.39 is 5.91 Å². The van der Waals surface area contributed by atoms with Crippen molar-refractivity contribution in [1.29, 1.82) is 0 Å². The Morgan fingerprint density at radius 1 is 0.833 bits per heavy atom. The van der Waals surface area contributed by atoms with E-state index in [9.17, 15) is 9.18 Å². The first-order valence-electron chi connectivity index (χ1n) is 11.5. The molecule has 6 heteroatoms. The Kier molecular flexibility index (Phi) is 6.49. The second-order valence-electron chi connectivity index (χ2n) is 8.36. The molecule has 1 heterocycles. The lowest BCUT2D eigenvalue weighted by Crippen LogP contribution is -2.18. The van der Waals surface area contributed by atoms with Gasteiger partial charge >= 0.3 is 0 Å². The summed E-state index contributed by atoms with van der Waals surface area (Å²) in [6.07, 6.45) is 1.46. The normalized spacial score (nSPS) is 11.1. The second kappa shape index (κ2) is 10.2. The van der Waals surface area contributed by atoms with Crippen molar-refractivity contribution in [1.82, 2.24) is 15.2 Å². The monoisotopic (exact) mass is 474 g/mol. The number of carbonyl (C=O) groups is 1. The molecule has 0 saturated carbocycles. The molecule has 4 aromatic carbocycles. The predicted molar refractivity (Wildman–Crippen MR) is 141 cm³/mol. The molecule has 36 heavy (non-hydrogen) atoms. The van der Waals surface area contributed by atoms with Crippen molar-refractivity contribution in [2.75, 3.05) is 0 Å². The minimum Gasteiger partial charge on any atom is -0.265 e. The van der Waals surface area contributed by atoms with E-state index in [-0.39, 0.29) is 11.5 Å². The molecular formula is C30H23FN4O. The van der Waals surface area contributed by atoms with Crippen LogP contribution in [0.15, 0.2) is 114 Å². The Bertz CT molecular complexity index is 1520. The highest BCUT2D eigenvalue weighted by molar-refractivity contribution is 5.94. The highest BCUT2D eigenvalue weighted by Crippen LogP contribution is 2.27. The van der Waals surface area contributed by atoms with Crippen LogP contribution in [0.25, 0.3) is 28.1 Å². The van der Waals surface area contributed by atoms with Crippen LogP contribution in [0.4, 0.5) is 4.39 Å². The Morgan fingerprint density at radius 2 is 1.53 bits per heavy atom. The number of aryl methyl sites for hydroxylation is 1. The van der Waals surface area contributed by atoms with Gasteiger partial charge in [0.25, 0.3) is 5.91 Å². The lowest BCUT2D eigenvalue weighted by Gasteiger charge is -2.09. The van der Waals surface area contributed by atoms with Gasteiger partial charge in [-0.05, 0) is 59.5 Å². The van der Waals surface area contributed by atoms with Crippen LogP contribution in [0.5, 0.6) is 0 Å². The van der Waals surface area contributed by atoms with Gasteiger partial charge in [-0.15, -0.1) is 0 Å². The van der Waals surface area contributed by atoms with Crippen LogP contribution < -0.4 is 5.43 Å². The van der Waals surface area contributed by atoms with Gasteiger partial charge in [-0.1, -0.05) is 78.9 Å². The van der Waals surface area contributed by atoms with Gasteiger partial charge in [0, 0.05) is 5.56 Å². The number of nitrogens with zero attached hydrogens (tertiary/aromatic N) is 3. The third-order valence-electron chi connectivity index (χ3n) is 5.73. The quantitative estimate of drug-likeness (QED) is 0.228. The fourth-order valence-corrected chi connectivity index (χ4v) is 3.89. The van der Waals surface area contributed by atoms with E-state index in [1.165, 1.54) is 18.3 Å². The van der Waals surface area contributed by atoms with E-state index in [0.29, 0.717) is 5.56 Å². The van der Waals surface area contributed by atoms with Gasteiger partial charge in [-0.2, -0.15) is 10.2 Å². The van der Waals surface area contributed by atoms with Crippen molar-refractivity contribution in [2.45, 2.75) is 6.92 Å². The van der Waals surface area contributed by atoms with Crippen molar-refractivity contribution >= 4 is 12.1 Å². The van der Waals surface area contributed by atoms with Crippen molar-refractivity contribution in [3.63, 3.8) is 0 Å². The summed E-state index contributed by atoms with van der Waals surface area (Å²) in [6, 6.07) is 33.9. The fraction of sp³-hybridized carbons (Fsp3) is 0.0333. The number of rotatable bonds is 6. The molecule has 5 aromatic rings. The topological polar surface area (TPSA) is 59.3 Å². The van der Waals surface area contributed by atoms with Crippen LogP contribution >= 0.6 is 0 Å². The number of hydrazone groups is 1. The third kappa shape index (κ3) is 5.13. The predicted octanol–water partition coefficient (Wildman–Crippen LogP) is 6.42. The average Bonchev–Trinajstić information content (AvgIpc) is 3.36. The standard InChI is InChI=1S/C30H23FN4O/c1-21-6-5-9-27(18-21)35-29(25-14-12-24(13-15-25)23-7-3-2-4-8-23)19-28(34-35)30(36)33-32-20-22-10-16-26(31)17-11-22/h2-20H,1H3,(H,33,36)/b32-20-. The molecule has 0 saturated heterocycles. The molecule has 0 aliphatic heterocycles. The highest BCUT2D eigenvalue weighted by Gasteiger charge is 2.17. The van der Waals surface area contributed by atoms with Crippen molar-refractivity contribution in [2.24, 2.45) is 5.10 Å². The van der Waals surface area contributed by atoms with E-state index in [4.69, 9.17) is 0 Å².